The third kappa shape index (κ3) is 4.62. The number of aliphatic imine (C=N–C) groups is 1. The lowest BCUT2D eigenvalue weighted by Crippen LogP contribution is -2.41. The van der Waals surface area contributed by atoms with Gasteiger partial charge in [0.05, 0.1) is 11.9 Å². The second kappa shape index (κ2) is 8.44. The molecular formula is C20H20N4O4S. The molecule has 0 atom stereocenters. The first-order valence-corrected chi connectivity index (χ1v) is 10.1. The lowest BCUT2D eigenvalue weighted by molar-refractivity contribution is 0.0696. The van der Waals surface area contributed by atoms with E-state index in [-0.39, 0.29) is 18.3 Å². The topological polar surface area (TPSA) is 95.3 Å². The summed E-state index contributed by atoms with van der Waals surface area (Å²) in [4.78, 5) is 35.8. The molecule has 1 N–H and O–H groups in total. The van der Waals surface area contributed by atoms with Crippen LogP contribution < -0.4 is 0 Å². The number of rotatable bonds is 5. The van der Waals surface area contributed by atoms with Gasteiger partial charge in [0.25, 0.3) is 0 Å². The van der Waals surface area contributed by atoms with Crippen molar-refractivity contribution >= 4 is 29.7 Å². The number of ether oxygens (including phenoxy) is 1. The van der Waals surface area contributed by atoms with E-state index in [4.69, 9.17) is 9.84 Å². The van der Waals surface area contributed by atoms with Crippen molar-refractivity contribution in [2.24, 2.45) is 4.99 Å². The second-order valence-electron chi connectivity index (χ2n) is 6.85. The van der Waals surface area contributed by atoms with Crippen LogP contribution in [0.15, 0.2) is 52.1 Å². The van der Waals surface area contributed by atoms with Crippen LogP contribution in [0.2, 0.25) is 0 Å². The average molecular weight is 412 g/mol. The van der Waals surface area contributed by atoms with Crippen LogP contribution in [0, 0.1) is 0 Å². The van der Waals surface area contributed by atoms with Gasteiger partial charge in [-0.15, -0.1) is 11.3 Å². The molecule has 2 aliphatic heterocycles. The number of hydrogen-bond acceptors (Lipinski definition) is 7. The van der Waals surface area contributed by atoms with Gasteiger partial charge < -0.3 is 19.6 Å². The van der Waals surface area contributed by atoms with Gasteiger partial charge >= 0.3 is 12.1 Å². The van der Waals surface area contributed by atoms with Crippen molar-refractivity contribution in [3.63, 3.8) is 0 Å². The lowest BCUT2D eigenvalue weighted by atomic mass is 10.0. The Balaban J connectivity index is 1.33. The van der Waals surface area contributed by atoms with Gasteiger partial charge in [0.1, 0.15) is 11.6 Å². The maximum atomic E-state index is 12.4. The van der Waals surface area contributed by atoms with E-state index in [1.165, 1.54) is 11.3 Å². The van der Waals surface area contributed by atoms with Crippen LogP contribution in [0.3, 0.4) is 0 Å². The number of thiazole rings is 1. The van der Waals surface area contributed by atoms with Crippen LogP contribution in [-0.4, -0.2) is 57.9 Å². The first kappa shape index (κ1) is 19.1. The van der Waals surface area contributed by atoms with Crippen LogP contribution in [-0.2, 0) is 17.9 Å². The van der Waals surface area contributed by atoms with Crippen molar-refractivity contribution in [3.05, 3.63) is 63.2 Å². The molecule has 150 valence electrons. The molecule has 9 heteroatoms. The number of benzene rings is 1. The number of carboxylic acids is 1. The van der Waals surface area contributed by atoms with E-state index >= 15 is 0 Å². The summed E-state index contributed by atoms with van der Waals surface area (Å²) in [6, 6.07) is 6.82. The first-order valence-electron chi connectivity index (χ1n) is 9.20. The molecule has 8 nitrogen and oxygen atoms in total. The maximum absolute atomic E-state index is 12.4. The SMILES string of the molecule is O=C(O)c1ccc(CN2C=NC3=C(C2)CN(C(=O)OCc2nccs2)CC3)cc1. The average Bonchev–Trinajstić information content (AvgIpc) is 3.25. The number of aromatic nitrogens is 1. The predicted molar refractivity (Wildman–Crippen MR) is 108 cm³/mol. The molecule has 2 aromatic rings. The highest BCUT2D eigenvalue weighted by molar-refractivity contribution is 7.09. The monoisotopic (exact) mass is 412 g/mol. The van der Waals surface area contributed by atoms with Crippen LogP contribution in [0.5, 0.6) is 0 Å². The van der Waals surface area contributed by atoms with Gasteiger partial charge in [-0.3, -0.25) is 0 Å². The summed E-state index contributed by atoms with van der Waals surface area (Å²) in [6.45, 7) is 2.57. The minimum absolute atomic E-state index is 0.190. The third-order valence-electron chi connectivity index (χ3n) is 4.83. The highest BCUT2D eigenvalue weighted by Crippen LogP contribution is 2.24. The van der Waals surface area contributed by atoms with Crippen LogP contribution in [0.1, 0.15) is 27.3 Å². The number of nitrogens with zero attached hydrogens (tertiary/aromatic N) is 4. The van der Waals surface area contributed by atoms with E-state index in [1.54, 1.807) is 23.2 Å². The van der Waals surface area contributed by atoms with Gasteiger partial charge in [-0.05, 0) is 23.3 Å². The van der Waals surface area contributed by atoms with Crippen molar-refractivity contribution < 1.29 is 19.4 Å². The number of carboxylic acid groups (broad SMARTS) is 1. The largest absolute Gasteiger partial charge is 0.478 e. The van der Waals surface area contributed by atoms with E-state index in [0.717, 1.165) is 21.8 Å². The zero-order valence-electron chi connectivity index (χ0n) is 15.7. The number of hydrogen-bond donors (Lipinski definition) is 1. The number of amides is 1. The number of aromatic carboxylic acids is 1. The Hall–Kier alpha value is -3.20. The Kier molecular flexibility index (Phi) is 5.57. The van der Waals surface area contributed by atoms with E-state index in [1.807, 2.05) is 23.9 Å². The lowest BCUT2D eigenvalue weighted by Gasteiger charge is -2.34. The fourth-order valence-electron chi connectivity index (χ4n) is 3.33. The van der Waals surface area contributed by atoms with E-state index in [2.05, 4.69) is 14.9 Å². The predicted octanol–water partition coefficient (Wildman–Crippen LogP) is 2.98. The zero-order chi connectivity index (χ0) is 20.2. The minimum Gasteiger partial charge on any atom is -0.478 e. The van der Waals surface area contributed by atoms with Gasteiger partial charge in [-0.2, -0.15) is 0 Å². The summed E-state index contributed by atoms with van der Waals surface area (Å²) in [5, 5.41) is 11.6. The van der Waals surface area contributed by atoms with Crippen molar-refractivity contribution in [2.75, 3.05) is 19.6 Å². The summed E-state index contributed by atoms with van der Waals surface area (Å²) in [7, 11) is 0. The summed E-state index contributed by atoms with van der Waals surface area (Å²) >= 11 is 1.46. The molecule has 3 heterocycles. The highest BCUT2D eigenvalue weighted by atomic mass is 32.1. The Bertz CT molecular complexity index is 953. The molecule has 1 amide bonds. The van der Waals surface area contributed by atoms with Crippen LogP contribution >= 0.6 is 11.3 Å². The molecule has 29 heavy (non-hydrogen) atoms. The van der Waals surface area contributed by atoms with Gasteiger partial charge in [-0.25, -0.2) is 19.6 Å². The van der Waals surface area contributed by atoms with Crippen LogP contribution in [0.4, 0.5) is 4.79 Å². The second-order valence-corrected chi connectivity index (χ2v) is 7.83. The molecular weight excluding hydrogens is 392 g/mol. The standard InChI is InChI=1S/C20H20N4O4S/c25-19(26)15-3-1-14(2-4-15)9-23-10-16-11-24(7-5-17(16)22-13-23)20(27)28-12-18-21-6-8-29-18/h1-4,6,8,13H,5,7,9-12H2,(H,25,26). The molecule has 0 spiro atoms. The third-order valence-corrected chi connectivity index (χ3v) is 5.58. The smallest absolute Gasteiger partial charge is 0.410 e. The van der Waals surface area contributed by atoms with Gasteiger partial charge in [-0.1, -0.05) is 12.1 Å². The van der Waals surface area contributed by atoms with E-state index in [9.17, 15) is 9.59 Å². The first-order chi connectivity index (χ1) is 14.1. The highest BCUT2D eigenvalue weighted by Gasteiger charge is 2.26. The molecule has 1 aromatic carbocycles. The summed E-state index contributed by atoms with van der Waals surface area (Å²) in [5.74, 6) is -0.935. The number of carbonyl (C=O) groups excluding carboxylic acids is 1. The maximum Gasteiger partial charge on any atom is 0.410 e. The summed E-state index contributed by atoms with van der Waals surface area (Å²) in [6.07, 6.45) is 3.88. The van der Waals surface area contributed by atoms with Gasteiger partial charge in [0, 0.05) is 49.9 Å². The fraction of sp³-hybridized carbons (Fsp3) is 0.300. The van der Waals surface area contributed by atoms with Crippen LogP contribution in [0.25, 0.3) is 0 Å². The molecule has 4 rings (SSSR count). The van der Waals surface area contributed by atoms with Crippen molar-refractivity contribution in [2.45, 2.75) is 19.6 Å². The molecule has 0 saturated heterocycles. The van der Waals surface area contributed by atoms with Crippen molar-refractivity contribution in [3.8, 4) is 0 Å². The molecule has 2 aliphatic rings. The molecule has 0 bridgehead atoms. The molecule has 0 unspecified atom stereocenters. The van der Waals surface area contributed by atoms with Gasteiger partial charge in [0.15, 0.2) is 0 Å². The van der Waals surface area contributed by atoms with Crippen molar-refractivity contribution in [1.29, 1.82) is 0 Å². The normalized spacial score (nSPS) is 16.0. The molecule has 0 radical (unpaired) electrons. The summed E-state index contributed by atoms with van der Waals surface area (Å²) in [5.41, 5.74) is 3.41. The Morgan fingerprint density at radius 1 is 1.21 bits per heavy atom. The summed E-state index contributed by atoms with van der Waals surface area (Å²) < 4.78 is 5.37. The Morgan fingerprint density at radius 2 is 2.03 bits per heavy atom. The Labute approximate surface area is 171 Å². The van der Waals surface area contributed by atoms with Crippen molar-refractivity contribution in [1.82, 2.24) is 14.8 Å². The van der Waals surface area contributed by atoms with E-state index in [0.29, 0.717) is 32.6 Å². The molecule has 0 fully saturated rings. The Morgan fingerprint density at radius 3 is 2.76 bits per heavy atom. The number of carbonyl (C=O) groups is 2. The quantitative estimate of drug-likeness (QED) is 0.811. The fourth-order valence-corrected chi connectivity index (χ4v) is 3.86. The minimum atomic E-state index is -0.935. The van der Waals surface area contributed by atoms with E-state index < -0.39 is 5.97 Å². The molecule has 1 aromatic heterocycles. The van der Waals surface area contributed by atoms with Gasteiger partial charge in [0.2, 0.25) is 0 Å². The zero-order valence-corrected chi connectivity index (χ0v) is 16.5. The molecule has 0 aliphatic carbocycles. The molecule has 0 saturated carbocycles.